The molecule has 110 valence electrons. The third kappa shape index (κ3) is 3.88. The van der Waals surface area contributed by atoms with Gasteiger partial charge in [-0.2, -0.15) is 0 Å². The van der Waals surface area contributed by atoms with Crippen LogP contribution in [0, 0.1) is 0 Å². The van der Waals surface area contributed by atoms with Gasteiger partial charge in [0, 0.05) is 12.8 Å². The molecule has 0 aliphatic rings. The summed E-state index contributed by atoms with van der Waals surface area (Å²) in [5, 5.41) is 1.69. The van der Waals surface area contributed by atoms with Crippen LogP contribution in [0.4, 0.5) is 0 Å². The Morgan fingerprint density at radius 1 is 1.00 bits per heavy atom. The molecule has 0 bridgehead atoms. The number of carbonyl (C=O) groups is 2. The monoisotopic (exact) mass is 305 g/mol. The highest BCUT2D eigenvalue weighted by molar-refractivity contribution is 7.90. The molecule has 0 radical (unpaired) electrons. The van der Waals surface area contributed by atoms with Crippen LogP contribution in [0.5, 0.6) is 0 Å². The molecule has 0 heterocycles. The van der Waals surface area contributed by atoms with Crippen molar-refractivity contribution in [2.45, 2.75) is 24.7 Å². The maximum absolute atomic E-state index is 12.1. The van der Waals surface area contributed by atoms with Crippen LogP contribution in [-0.2, 0) is 19.6 Å². The van der Waals surface area contributed by atoms with E-state index >= 15 is 0 Å². The van der Waals surface area contributed by atoms with Crippen LogP contribution in [0.1, 0.15) is 19.8 Å². The number of ketones is 1. The Bertz CT molecular complexity index is 796. The molecule has 0 spiro atoms. The van der Waals surface area contributed by atoms with E-state index in [-0.39, 0.29) is 23.5 Å². The van der Waals surface area contributed by atoms with Crippen LogP contribution in [0.3, 0.4) is 0 Å². The molecule has 0 fully saturated rings. The standard InChI is InChI=1S/C15H15NO4S/c1-11(17)6-9-15(18)16-21(19,20)14-8-7-12-4-2-3-5-13(12)10-14/h2-5,7-8,10H,6,9H2,1H3,(H,16,18). The molecule has 0 unspecified atom stereocenters. The number of carbonyl (C=O) groups excluding carboxylic acids is 2. The van der Waals surface area contributed by atoms with Gasteiger partial charge in [0.15, 0.2) is 0 Å². The van der Waals surface area contributed by atoms with Crippen LogP contribution < -0.4 is 4.72 Å². The molecule has 1 N–H and O–H groups in total. The summed E-state index contributed by atoms with van der Waals surface area (Å²) in [4.78, 5) is 22.4. The fourth-order valence-electron chi connectivity index (χ4n) is 1.88. The quantitative estimate of drug-likeness (QED) is 0.916. The maximum atomic E-state index is 12.1. The first kappa shape index (κ1) is 15.2. The Balaban J connectivity index is 2.21. The molecular formula is C15H15NO4S. The highest BCUT2D eigenvalue weighted by Crippen LogP contribution is 2.18. The van der Waals surface area contributed by atoms with Gasteiger partial charge in [-0.15, -0.1) is 0 Å². The average molecular weight is 305 g/mol. The summed E-state index contributed by atoms with van der Waals surface area (Å²) >= 11 is 0. The number of hydrogen-bond acceptors (Lipinski definition) is 4. The van der Waals surface area contributed by atoms with Crippen molar-refractivity contribution in [3.63, 3.8) is 0 Å². The molecule has 21 heavy (non-hydrogen) atoms. The zero-order valence-electron chi connectivity index (χ0n) is 11.5. The first-order valence-electron chi connectivity index (χ1n) is 6.42. The second-order valence-corrected chi connectivity index (χ2v) is 6.42. The molecule has 0 saturated heterocycles. The van der Waals surface area contributed by atoms with E-state index in [0.29, 0.717) is 0 Å². The minimum Gasteiger partial charge on any atom is -0.300 e. The van der Waals surface area contributed by atoms with Crippen LogP contribution >= 0.6 is 0 Å². The number of Topliss-reactive ketones (excluding diaryl/α,β-unsaturated/α-hetero) is 1. The topological polar surface area (TPSA) is 80.3 Å². The van der Waals surface area contributed by atoms with Gasteiger partial charge in [0.05, 0.1) is 4.90 Å². The van der Waals surface area contributed by atoms with Crippen molar-refractivity contribution in [1.29, 1.82) is 0 Å². The third-order valence-corrected chi connectivity index (χ3v) is 4.35. The van der Waals surface area contributed by atoms with Gasteiger partial charge in [0.2, 0.25) is 5.91 Å². The lowest BCUT2D eigenvalue weighted by Gasteiger charge is -2.07. The van der Waals surface area contributed by atoms with E-state index in [1.165, 1.54) is 19.1 Å². The first-order valence-corrected chi connectivity index (χ1v) is 7.91. The van der Waals surface area contributed by atoms with Crippen molar-refractivity contribution in [3.05, 3.63) is 42.5 Å². The van der Waals surface area contributed by atoms with Crippen LogP contribution in [-0.4, -0.2) is 20.1 Å². The zero-order valence-corrected chi connectivity index (χ0v) is 12.3. The fourth-order valence-corrected chi connectivity index (χ4v) is 2.93. The number of amides is 1. The molecule has 2 aromatic rings. The summed E-state index contributed by atoms with van der Waals surface area (Å²) in [5.41, 5.74) is 0. The van der Waals surface area contributed by atoms with Gasteiger partial charge < -0.3 is 4.79 Å². The van der Waals surface area contributed by atoms with Crippen molar-refractivity contribution in [1.82, 2.24) is 4.72 Å². The van der Waals surface area contributed by atoms with E-state index in [1.807, 2.05) is 22.9 Å². The second kappa shape index (κ2) is 6.05. The van der Waals surface area contributed by atoms with Crippen LogP contribution in [0.25, 0.3) is 10.8 Å². The second-order valence-electron chi connectivity index (χ2n) is 4.74. The summed E-state index contributed by atoms with van der Waals surface area (Å²) < 4.78 is 26.2. The van der Waals surface area contributed by atoms with Gasteiger partial charge in [0.25, 0.3) is 10.0 Å². The zero-order chi connectivity index (χ0) is 15.5. The molecule has 0 aromatic heterocycles. The molecule has 1 amide bonds. The maximum Gasteiger partial charge on any atom is 0.264 e. The van der Waals surface area contributed by atoms with Crippen LogP contribution in [0.2, 0.25) is 0 Å². The summed E-state index contributed by atoms with van der Waals surface area (Å²) in [7, 11) is -3.91. The number of nitrogens with one attached hydrogen (secondary N) is 1. The van der Waals surface area contributed by atoms with Crippen molar-refractivity contribution >= 4 is 32.5 Å². The van der Waals surface area contributed by atoms with Gasteiger partial charge in [-0.05, 0) is 29.8 Å². The van der Waals surface area contributed by atoms with Crippen molar-refractivity contribution in [2.75, 3.05) is 0 Å². The third-order valence-electron chi connectivity index (χ3n) is 2.98. The van der Waals surface area contributed by atoms with E-state index in [4.69, 9.17) is 0 Å². The molecule has 0 aliphatic heterocycles. The average Bonchev–Trinajstić information content (AvgIpc) is 2.44. The summed E-state index contributed by atoms with van der Waals surface area (Å²) in [6.45, 7) is 1.35. The molecule has 2 aromatic carbocycles. The lowest BCUT2D eigenvalue weighted by Crippen LogP contribution is -2.30. The SMILES string of the molecule is CC(=O)CCC(=O)NS(=O)(=O)c1ccc2ccccc2c1. The van der Waals surface area contributed by atoms with Crippen molar-refractivity contribution in [2.24, 2.45) is 0 Å². The lowest BCUT2D eigenvalue weighted by molar-refractivity contribution is -0.123. The van der Waals surface area contributed by atoms with Crippen molar-refractivity contribution in [3.8, 4) is 0 Å². The number of rotatable bonds is 5. The molecule has 5 nitrogen and oxygen atoms in total. The molecule has 0 atom stereocenters. The van der Waals surface area contributed by atoms with Gasteiger partial charge in [-0.1, -0.05) is 30.3 Å². The predicted molar refractivity (Wildman–Crippen MR) is 79.2 cm³/mol. The molecule has 0 aliphatic carbocycles. The summed E-state index contributed by atoms with van der Waals surface area (Å²) in [6, 6.07) is 12.0. The normalized spacial score (nSPS) is 11.3. The predicted octanol–water partition coefficient (Wildman–Crippen LogP) is 2.01. The van der Waals surface area contributed by atoms with E-state index in [2.05, 4.69) is 0 Å². The van der Waals surface area contributed by atoms with E-state index in [0.717, 1.165) is 10.8 Å². The summed E-state index contributed by atoms with van der Waals surface area (Å²) in [5.74, 6) is -0.841. The molecule has 2 rings (SSSR count). The number of sulfonamides is 1. The lowest BCUT2D eigenvalue weighted by atomic mass is 10.1. The van der Waals surface area contributed by atoms with E-state index in [1.54, 1.807) is 12.1 Å². The van der Waals surface area contributed by atoms with E-state index in [9.17, 15) is 18.0 Å². The van der Waals surface area contributed by atoms with Crippen LogP contribution in [0.15, 0.2) is 47.4 Å². The number of hydrogen-bond donors (Lipinski definition) is 1. The summed E-state index contributed by atoms with van der Waals surface area (Å²) in [6.07, 6.45) is -0.110. The fraction of sp³-hybridized carbons (Fsp3) is 0.200. The minimum absolute atomic E-state index is 0.0253. The molecular weight excluding hydrogens is 290 g/mol. The largest absolute Gasteiger partial charge is 0.300 e. The van der Waals surface area contributed by atoms with Gasteiger partial charge >= 0.3 is 0 Å². The highest BCUT2D eigenvalue weighted by atomic mass is 32.2. The Labute approximate surface area is 123 Å². The first-order chi connectivity index (χ1) is 9.88. The smallest absolute Gasteiger partial charge is 0.264 e. The van der Waals surface area contributed by atoms with Crippen molar-refractivity contribution < 1.29 is 18.0 Å². The molecule has 6 heteroatoms. The van der Waals surface area contributed by atoms with E-state index < -0.39 is 15.9 Å². The Morgan fingerprint density at radius 2 is 1.67 bits per heavy atom. The van der Waals surface area contributed by atoms with Gasteiger partial charge in [0.1, 0.15) is 5.78 Å². The number of fused-ring (bicyclic) bond motifs is 1. The molecule has 0 saturated carbocycles. The number of benzene rings is 2. The van der Waals surface area contributed by atoms with Gasteiger partial charge in [-0.3, -0.25) is 4.79 Å². The minimum atomic E-state index is -3.91. The highest BCUT2D eigenvalue weighted by Gasteiger charge is 2.18. The van der Waals surface area contributed by atoms with Gasteiger partial charge in [-0.25, -0.2) is 13.1 Å². The Hall–Kier alpha value is -2.21. The Kier molecular flexibility index (Phi) is 4.37. The Morgan fingerprint density at radius 3 is 2.33 bits per heavy atom.